The third-order valence-electron chi connectivity index (χ3n) is 5.05. The Balaban J connectivity index is 1.70. The van der Waals surface area contributed by atoms with Gasteiger partial charge in [0.2, 0.25) is 0 Å². The lowest BCUT2D eigenvalue weighted by Gasteiger charge is -2.20. The molecule has 2 aliphatic carbocycles. The van der Waals surface area contributed by atoms with Gasteiger partial charge >= 0.3 is 11.9 Å². The molecule has 0 radical (unpaired) electrons. The van der Waals surface area contributed by atoms with E-state index < -0.39 is 5.97 Å². The van der Waals surface area contributed by atoms with Crippen molar-refractivity contribution < 1.29 is 23.8 Å². The second-order valence-corrected chi connectivity index (χ2v) is 6.47. The van der Waals surface area contributed by atoms with E-state index in [1.165, 1.54) is 26.7 Å². The Morgan fingerprint density at radius 3 is 2.58 bits per heavy atom. The largest absolute Gasteiger partial charge is 0.493 e. The standard InChI is InChI=1S/C19H22O5/c1-22-17-11-12(5-8-18(20)23-2)4-7-16(17)24-19(21)15-10-13-3-6-14(15)9-13/h4-5,7-8,11,13-15H,3,6,9-10H2,1-2H3/b8-5+. The van der Waals surface area contributed by atoms with Gasteiger partial charge in [-0.3, -0.25) is 4.79 Å². The highest BCUT2D eigenvalue weighted by Crippen LogP contribution is 2.49. The predicted molar refractivity (Wildman–Crippen MR) is 88.6 cm³/mol. The number of benzene rings is 1. The van der Waals surface area contributed by atoms with E-state index >= 15 is 0 Å². The molecule has 2 bridgehead atoms. The van der Waals surface area contributed by atoms with E-state index in [1.807, 2.05) is 0 Å². The summed E-state index contributed by atoms with van der Waals surface area (Å²) in [5.74, 6) is 1.50. The number of carbonyl (C=O) groups is 2. The van der Waals surface area contributed by atoms with E-state index in [4.69, 9.17) is 9.47 Å². The first-order valence-electron chi connectivity index (χ1n) is 8.26. The van der Waals surface area contributed by atoms with Crippen molar-refractivity contribution >= 4 is 18.0 Å². The molecule has 2 aliphatic rings. The lowest BCUT2D eigenvalue weighted by atomic mass is 9.89. The fourth-order valence-corrected chi connectivity index (χ4v) is 3.82. The molecule has 5 heteroatoms. The van der Waals surface area contributed by atoms with Gasteiger partial charge in [0.15, 0.2) is 11.5 Å². The maximum Gasteiger partial charge on any atom is 0.330 e. The lowest BCUT2D eigenvalue weighted by molar-refractivity contribution is -0.140. The SMILES string of the molecule is COC(=O)/C=C/c1ccc(OC(=O)C2CC3CCC2C3)c(OC)c1. The Kier molecular flexibility index (Phi) is 4.88. The van der Waals surface area contributed by atoms with Gasteiger partial charge in [0.05, 0.1) is 20.1 Å². The van der Waals surface area contributed by atoms with Gasteiger partial charge in [-0.2, -0.15) is 0 Å². The van der Waals surface area contributed by atoms with Crippen molar-refractivity contribution in [2.24, 2.45) is 17.8 Å². The molecule has 24 heavy (non-hydrogen) atoms. The number of methoxy groups -OCH3 is 2. The molecule has 0 spiro atoms. The van der Waals surface area contributed by atoms with E-state index in [1.54, 1.807) is 24.3 Å². The molecule has 0 saturated heterocycles. The maximum atomic E-state index is 12.5. The smallest absolute Gasteiger partial charge is 0.330 e. The van der Waals surface area contributed by atoms with E-state index in [9.17, 15) is 9.59 Å². The van der Waals surface area contributed by atoms with Gasteiger partial charge in [-0.25, -0.2) is 4.79 Å². The van der Waals surface area contributed by atoms with Crippen LogP contribution in [0, 0.1) is 17.8 Å². The van der Waals surface area contributed by atoms with Crippen LogP contribution < -0.4 is 9.47 Å². The van der Waals surface area contributed by atoms with Crippen LogP contribution >= 0.6 is 0 Å². The summed E-state index contributed by atoms with van der Waals surface area (Å²) in [6.45, 7) is 0. The molecule has 2 saturated carbocycles. The zero-order valence-electron chi connectivity index (χ0n) is 14.0. The van der Waals surface area contributed by atoms with Crippen molar-refractivity contribution in [1.29, 1.82) is 0 Å². The Labute approximate surface area is 141 Å². The quantitative estimate of drug-likeness (QED) is 0.471. The van der Waals surface area contributed by atoms with Crippen LogP contribution in [0.1, 0.15) is 31.2 Å². The Morgan fingerprint density at radius 2 is 1.96 bits per heavy atom. The normalized spacial score (nSPS) is 25.0. The number of hydrogen-bond acceptors (Lipinski definition) is 5. The predicted octanol–water partition coefficient (Wildman–Crippen LogP) is 3.22. The maximum absolute atomic E-state index is 12.5. The molecule has 0 aliphatic heterocycles. The number of ether oxygens (including phenoxy) is 3. The molecule has 0 heterocycles. The molecule has 0 aromatic heterocycles. The monoisotopic (exact) mass is 330 g/mol. The van der Waals surface area contributed by atoms with Gasteiger partial charge in [0, 0.05) is 6.08 Å². The summed E-state index contributed by atoms with van der Waals surface area (Å²) in [4.78, 5) is 23.6. The van der Waals surface area contributed by atoms with Crippen LogP contribution in [0.4, 0.5) is 0 Å². The third-order valence-corrected chi connectivity index (χ3v) is 5.05. The minimum Gasteiger partial charge on any atom is -0.493 e. The molecule has 3 rings (SSSR count). The number of rotatable bonds is 5. The van der Waals surface area contributed by atoms with Crippen LogP contribution in [0.15, 0.2) is 24.3 Å². The van der Waals surface area contributed by atoms with Crippen molar-refractivity contribution in [1.82, 2.24) is 0 Å². The highest BCUT2D eigenvalue weighted by molar-refractivity contribution is 5.87. The van der Waals surface area contributed by atoms with Crippen LogP contribution in [0.2, 0.25) is 0 Å². The van der Waals surface area contributed by atoms with Crippen LogP contribution in [0.3, 0.4) is 0 Å². The minimum absolute atomic E-state index is 0.0207. The molecule has 0 N–H and O–H groups in total. The van der Waals surface area contributed by atoms with Crippen molar-refractivity contribution in [2.45, 2.75) is 25.7 Å². The number of esters is 2. The number of fused-ring (bicyclic) bond motifs is 2. The van der Waals surface area contributed by atoms with Crippen LogP contribution in [-0.2, 0) is 14.3 Å². The van der Waals surface area contributed by atoms with Gasteiger partial charge in [-0.15, -0.1) is 0 Å². The van der Waals surface area contributed by atoms with Crippen molar-refractivity contribution in [3.63, 3.8) is 0 Å². The summed E-state index contributed by atoms with van der Waals surface area (Å²) in [6.07, 6.45) is 7.45. The molecule has 1 aromatic rings. The molecule has 3 atom stereocenters. The molecule has 128 valence electrons. The second-order valence-electron chi connectivity index (χ2n) is 6.47. The van der Waals surface area contributed by atoms with Crippen molar-refractivity contribution in [3.8, 4) is 11.5 Å². The van der Waals surface area contributed by atoms with Gasteiger partial charge in [0.25, 0.3) is 0 Å². The van der Waals surface area contributed by atoms with Crippen LogP contribution in [0.5, 0.6) is 11.5 Å². The fourth-order valence-electron chi connectivity index (χ4n) is 3.82. The first-order valence-corrected chi connectivity index (χ1v) is 8.26. The van der Waals surface area contributed by atoms with Crippen LogP contribution in [-0.4, -0.2) is 26.2 Å². The summed E-state index contributed by atoms with van der Waals surface area (Å²) in [6, 6.07) is 5.19. The summed E-state index contributed by atoms with van der Waals surface area (Å²) in [5, 5.41) is 0. The summed E-state index contributed by atoms with van der Waals surface area (Å²) in [5.41, 5.74) is 0.761. The first-order chi connectivity index (χ1) is 11.6. The number of hydrogen-bond donors (Lipinski definition) is 0. The Hall–Kier alpha value is -2.30. The third kappa shape index (κ3) is 3.45. The Morgan fingerprint density at radius 1 is 1.12 bits per heavy atom. The highest BCUT2D eigenvalue weighted by atomic mass is 16.6. The molecular formula is C19H22O5. The number of carbonyl (C=O) groups excluding carboxylic acids is 2. The van der Waals surface area contributed by atoms with Crippen molar-refractivity contribution in [2.75, 3.05) is 14.2 Å². The zero-order valence-corrected chi connectivity index (χ0v) is 14.0. The van der Waals surface area contributed by atoms with E-state index in [-0.39, 0.29) is 11.9 Å². The zero-order chi connectivity index (χ0) is 17.1. The highest BCUT2D eigenvalue weighted by Gasteiger charge is 2.44. The molecule has 5 nitrogen and oxygen atoms in total. The second kappa shape index (κ2) is 7.07. The molecule has 0 amide bonds. The van der Waals surface area contributed by atoms with Crippen LogP contribution in [0.25, 0.3) is 6.08 Å². The van der Waals surface area contributed by atoms with Gasteiger partial charge in [-0.1, -0.05) is 12.5 Å². The average molecular weight is 330 g/mol. The Bertz CT molecular complexity index is 664. The molecule has 2 fully saturated rings. The minimum atomic E-state index is -0.430. The fraction of sp³-hybridized carbons (Fsp3) is 0.474. The van der Waals surface area contributed by atoms with Gasteiger partial charge in [0.1, 0.15) is 0 Å². The van der Waals surface area contributed by atoms with Gasteiger partial charge in [-0.05, 0) is 54.9 Å². The van der Waals surface area contributed by atoms with E-state index in [2.05, 4.69) is 4.74 Å². The van der Waals surface area contributed by atoms with E-state index in [0.717, 1.165) is 24.8 Å². The summed E-state index contributed by atoms with van der Waals surface area (Å²) >= 11 is 0. The summed E-state index contributed by atoms with van der Waals surface area (Å²) < 4.78 is 15.5. The first kappa shape index (κ1) is 16.6. The average Bonchev–Trinajstić information content (AvgIpc) is 3.23. The van der Waals surface area contributed by atoms with E-state index in [0.29, 0.717) is 23.3 Å². The molecular weight excluding hydrogens is 308 g/mol. The molecule has 3 unspecified atom stereocenters. The lowest BCUT2D eigenvalue weighted by Crippen LogP contribution is -2.25. The van der Waals surface area contributed by atoms with Crippen molar-refractivity contribution in [3.05, 3.63) is 29.8 Å². The molecule has 1 aromatic carbocycles. The van der Waals surface area contributed by atoms with Gasteiger partial charge < -0.3 is 14.2 Å². The topological polar surface area (TPSA) is 61.8 Å². The summed E-state index contributed by atoms with van der Waals surface area (Å²) in [7, 11) is 2.85.